The second-order valence-electron chi connectivity index (χ2n) is 13.0. The fraction of sp³-hybridized carbons (Fsp3) is 0.889. The number of hydrogen-bond donors (Lipinski definition) is 7. The Bertz CT molecular complexity index is 900. The summed E-state index contributed by atoms with van der Waals surface area (Å²) in [6, 6.07) is 0. The molecule has 7 N–H and O–H groups in total. The maximum Gasteiger partial charge on any atom is 0.187 e. The minimum Gasteiger partial charge on any atom is -0.393 e. The summed E-state index contributed by atoms with van der Waals surface area (Å²) < 4.78 is 0. The van der Waals surface area contributed by atoms with Gasteiger partial charge in [0.05, 0.1) is 35.6 Å². The van der Waals surface area contributed by atoms with Crippen molar-refractivity contribution >= 4 is 5.78 Å². The number of hydrogen-bond acceptors (Lipinski definition) is 8. The molecule has 5 unspecified atom stereocenters. The molecule has 4 rings (SSSR count). The summed E-state index contributed by atoms with van der Waals surface area (Å²) in [4.78, 5) is 13.3. The first-order chi connectivity index (χ1) is 16.0. The molecule has 0 radical (unpaired) electrons. The predicted octanol–water partition coefficient (Wildman–Crippen LogP) is 0.825. The SMILES string of the molecule is CC(C)C(O)CC(O)[C@](C)(O)[C@H]1CC[C@@]2(O)C3=CC(=O)C4(O)CC(O)C(O)C[C@]4(C)[C@H]3CC[C@]12C. The van der Waals surface area contributed by atoms with Crippen molar-refractivity contribution in [1.82, 2.24) is 0 Å². The molecule has 35 heavy (non-hydrogen) atoms. The van der Waals surface area contributed by atoms with E-state index in [0.29, 0.717) is 31.3 Å². The number of ketones is 1. The van der Waals surface area contributed by atoms with Gasteiger partial charge in [-0.2, -0.15) is 0 Å². The molecular weight excluding hydrogens is 452 g/mol. The van der Waals surface area contributed by atoms with Crippen LogP contribution in [0.25, 0.3) is 0 Å². The highest BCUT2D eigenvalue weighted by Gasteiger charge is 2.71. The van der Waals surface area contributed by atoms with E-state index in [-0.39, 0.29) is 31.1 Å². The molecule has 0 aromatic rings. The van der Waals surface area contributed by atoms with Crippen LogP contribution in [0.5, 0.6) is 0 Å². The predicted molar refractivity (Wildman–Crippen MR) is 128 cm³/mol. The van der Waals surface area contributed by atoms with E-state index in [1.807, 2.05) is 20.8 Å². The third-order valence-electron chi connectivity index (χ3n) is 10.9. The Hall–Kier alpha value is -0.870. The number of aliphatic hydroxyl groups is 7. The zero-order valence-electron chi connectivity index (χ0n) is 21.6. The van der Waals surface area contributed by atoms with Gasteiger partial charge in [-0.1, -0.05) is 27.7 Å². The van der Waals surface area contributed by atoms with E-state index in [9.17, 15) is 40.5 Å². The van der Waals surface area contributed by atoms with Gasteiger partial charge in [-0.3, -0.25) is 4.79 Å². The second kappa shape index (κ2) is 8.32. The zero-order chi connectivity index (χ0) is 26.4. The van der Waals surface area contributed by atoms with Crippen molar-refractivity contribution in [2.24, 2.45) is 28.6 Å². The van der Waals surface area contributed by atoms with Crippen LogP contribution < -0.4 is 0 Å². The summed E-state index contributed by atoms with van der Waals surface area (Å²) >= 11 is 0. The van der Waals surface area contributed by atoms with Crippen LogP contribution in [0.1, 0.15) is 79.6 Å². The van der Waals surface area contributed by atoms with Crippen molar-refractivity contribution in [3.8, 4) is 0 Å². The molecule has 0 bridgehead atoms. The first-order valence-corrected chi connectivity index (χ1v) is 13.1. The van der Waals surface area contributed by atoms with Crippen molar-refractivity contribution in [2.75, 3.05) is 0 Å². The molecule has 4 aliphatic carbocycles. The lowest BCUT2D eigenvalue weighted by Crippen LogP contribution is -2.69. The quantitative estimate of drug-likeness (QED) is 0.295. The Kier molecular flexibility index (Phi) is 6.46. The Balaban J connectivity index is 1.71. The van der Waals surface area contributed by atoms with E-state index >= 15 is 0 Å². The molecule has 0 amide bonds. The van der Waals surface area contributed by atoms with E-state index in [2.05, 4.69) is 0 Å². The van der Waals surface area contributed by atoms with E-state index < -0.39 is 63.8 Å². The van der Waals surface area contributed by atoms with Crippen molar-refractivity contribution in [1.29, 1.82) is 0 Å². The van der Waals surface area contributed by atoms with Crippen molar-refractivity contribution in [3.05, 3.63) is 11.6 Å². The minimum absolute atomic E-state index is 0.0187. The Labute approximate surface area is 207 Å². The van der Waals surface area contributed by atoms with Gasteiger partial charge in [0.25, 0.3) is 0 Å². The Morgan fingerprint density at radius 3 is 2.20 bits per heavy atom. The number of aliphatic hydroxyl groups excluding tert-OH is 4. The maximum absolute atomic E-state index is 13.3. The molecule has 0 heterocycles. The maximum atomic E-state index is 13.3. The number of fused-ring (bicyclic) bond motifs is 5. The molecule has 0 aromatic heterocycles. The molecule has 0 aliphatic heterocycles. The number of rotatable bonds is 5. The normalized spacial score (nSPS) is 48.9. The Morgan fingerprint density at radius 2 is 1.60 bits per heavy atom. The van der Waals surface area contributed by atoms with Crippen LogP contribution in [-0.2, 0) is 4.79 Å². The smallest absolute Gasteiger partial charge is 0.187 e. The minimum atomic E-state index is -1.82. The molecule has 11 atom stereocenters. The third-order valence-corrected chi connectivity index (χ3v) is 10.9. The van der Waals surface area contributed by atoms with Crippen LogP contribution in [0.4, 0.5) is 0 Å². The number of carbonyl (C=O) groups is 1. The molecule has 8 nitrogen and oxygen atoms in total. The second-order valence-corrected chi connectivity index (χ2v) is 13.0. The fourth-order valence-corrected chi connectivity index (χ4v) is 8.26. The van der Waals surface area contributed by atoms with Crippen molar-refractivity contribution in [3.63, 3.8) is 0 Å². The molecule has 0 aromatic carbocycles. The Morgan fingerprint density at radius 1 is 1.00 bits per heavy atom. The lowest BCUT2D eigenvalue weighted by atomic mass is 9.44. The topological polar surface area (TPSA) is 159 Å². The highest BCUT2D eigenvalue weighted by Crippen LogP contribution is 2.69. The van der Waals surface area contributed by atoms with Gasteiger partial charge in [0.2, 0.25) is 0 Å². The fourth-order valence-electron chi connectivity index (χ4n) is 8.26. The van der Waals surface area contributed by atoms with Crippen LogP contribution in [0, 0.1) is 28.6 Å². The van der Waals surface area contributed by atoms with E-state index in [1.54, 1.807) is 13.8 Å². The van der Waals surface area contributed by atoms with E-state index in [0.717, 1.165) is 0 Å². The van der Waals surface area contributed by atoms with Gasteiger partial charge < -0.3 is 35.7 Å². The summed E-state index contributed by atoms with van der Waals surface area (Å²) in [6.07, 6.45) is -1.34. The third kappa shape index (κ3) is 3.55. The van der Waals surface area contributed by atoms with Gasteiger partial charge in [-0.05, 0) is 68.4 Å². The molecule has 0 saturated heterocycles. The lowest BCUT2D eigenvalue weighted by Gasteiger charge is -2.62. The van der Waals surface area contributed by atoms with Crippen LogP contribution >= 0.6 is 0 Å². The number of carbonyl (C=O) groups excluding carboxylic acids is 1. The van der Waals surface area contributed by atoms with Crippen LogP contribution in [0.15, 0.2) is 11.6 Å². The summed E-state index contributed by atoms with van der Waals surface area (Å²) in [5.41, 5.74) is -6.19. The summed E-state index contributed by atoms with van der Waals surface area (Å²) in [5.74, 6) is -1.50. The molecule has 3 saturated carbocycles. The molecule has 3 fully saturated rings. The average Bonchev–Trinajstić information content (AvgIpc) is 3.03. The average molecular weight is 497 g/mol. The van der Waals surface area contributed by atoms with Crippen LogP contribution in [-0.4, -0.2) is 82.7 Å². The van der Waals surface area contributed by atoms with E-state index in [1.165, 1.54) is 6.08 Å². The molecule has 0 spiro atoms. The van der Waals surface area contributed by atoms with Gasteiger partial charge in [0.15, 0.2) is 5.78 Å². The highest BCUT2D eigenvalue weighted by atomic mass is 16.3. The first-order valence-electron chi connectivity index (χ1n) is 13.1. The monoisotopic (exact) mass is 496 g/mol. The van der Waals surface area contributed by atoms with Crippen LogP contribution in [0.3, 0.4) is 0 Å². The lowest BCUT2D eigenvalue weighted by molar-refractivity contribution is -0.212. The van der Waals surface area contributed by atoms with Gasteiger partial charge >= 0.3 is 0 Å². The van der Waals surface area contributed by atoms with Gasteiger partial charge in [-0.25, -0.2) is 0 Å². The largest absolute Gasteiger partial charge is 0.393 e. The zero-order valence-corrected chi connectivity index (χ0v) is 21.6. The highest BCUT2D eigenvalue weighted by molar-refractivity contribution is 6.00. The van der Waals surface area contributed by atoms with Gasteiger partial charge in [0, 0.05) is 23.7 Å². The standard InChI is InChI=1S/C27H44O8/c1-14(2)17(28)11-21(31)25(5,33)20-7-9-26(34)16-10-22(32)27(35)13-19(30)18(29)12-24(27,4)15(16)6-8-23(20,26)3/h10,14-15,17-21,28-31,33-35H,6-9,11-13H2,1-5H3/t15-,17?,18?,19?,20-,21?,23+,24+,25+,26+,27?/m0/s1. The van der Waals surface area contributed by atoms with Crippen LogP contribution in [0.2, 0.25) is 0 Å². The molecule has 4 aliphatic rings. The molecule has 200 valence electrons. The molecule has 8 heteroatoms. The molecular formula is C27H44O8. The summed E-state index contributed by atoms with van der Waals surface area (Å²) in [7, 11) is 0. The van der Waals surface area contributed by atoms with E-state index in [4.69, 9.17) is 0 Å². The van der Waals surface area contributed by atoms with Gasteiger partial charge in [-0.15, -0.1) is 0 Å². The van der Waals surface area contributed by atoms with Gasteiger partial charge in [0.1, 0.15) is 5.60 Å². The van der Waals surface area contributed by atoms with Crippen molar-refractivity contribution < 1.29 is 40.5 Å². The van der Waals surface area contributed by atoms with Crippen molar-refractivity contribution in [2.45, 2.75) is 121 Å². The first kappa shape index (κ1) is 27.2. The summed E-state index contributed by atoms with van der Waals surface area (Å²) in [5, 5.41) is 77.2. The summed E-state index contributed by atoms with van der Waals surface area (Å²) in [6.45, 7) is 8.92.